The van der Waals surface area contributed by atoms with Crippen LogP contribution in [0.25, 0.3) is 0 Å². The van der Waals surface area contributed by atoms with E-state index in [2.05, 4.69) is 17.3 Å². The average molecular weight is 157 g/mol. The summed E-state index contributed by atoms with van der Waals surface area (Å²) < 4.78 is 0. The second kappa shape index (κ2) is 3.65. The highest BCUT2D eigenvalue weighted by Gasteiger charge is 1.96. The molecule has 0 saturated carbocycles. The van der Waals surface area contributed by atoms with E-state index >= 15 is 0 Å². The lowest BCUT2D eigenvalue weighted by Crippen LogP contribution is -2.20. The van der Waals surface area contributed by atoms with Crippen LogP contribution in [0.15, 0.2) is 5.38 Å². The lowest BCUT2D eigenvalue weighted by atomic mass is 10.5. The van der Waals surface area contributed by atoms with E-state index in [0.29, 0.717) is 6.54 Å². The van der Waals surface area contributed by atoms with Gasteiger partial charge in [0.2, 0.25) is 0 Å². The Morgan fingerprint density at radius 1 is 1.80 bits per heavy atom. The van der Waals surface area contributed by atoms with Crippen LogP contribution in [0.1, 0.15) is 17.6 Å². The third-order valence-electron chi connectivity index (χ3n) is 1.18. The maximum atomic E-state index is 5.13. The van der Waals surface area contributed by atoms with Crippen molar-refractivity contribution < 1.29 is 0 Å². The van der Waals surface area contributed by atoms with Gasteiger partial charge in [-0.2, -0.15) is 0 Å². The number of hydrogen-bond acceptors (Lipinski definition) is 4. The van der Waals surface area contributed by atoms with Crippen molar-refractivity contribution in [2.45, 2.75) is 19.9 Å². The summed E-state index contributed by atoms with van der Waals surface area (Å²) in [7, 11) is 0. The number of hydrazine groups is 1. The second-order valence-corrected chi connectivity index (χ2v) is 2.91. The molecule has 1 rings (SSSR count). The number of hydrogen-bond donors (Lipinski definition) is 2. The molecular formula is C6H11N3S. The monoisotopic (exact) mass is 157 g/mol. The van der Waals surface area contributed by atoms with Crippen LogP contribution in [-0.4, -0.2) is 4.98 Å². The van der Waals surface area contributed by atoms with Gasteiger partial charge in [-0.15, -0.1) is 11.3 Å². The van der Waals surface area contributed by atoms with Crippen LogP contribution in [-0.2, 0) is 13.0 Å². The van der Waals surface area contributed by atoms with Crippen LogP contribution >= 0.6 is 11.3 Å². The Morgan fingerprint density at radius 3 is 3.10 bits per heavy atom. The molecule has 0 bridgehead atoms. The first-order chi connectivity index (χ1) is 4.86. The van der Waals surface area contributed by atoms with E-state index in [4.69, 9.17) is 5.84 Å². The van der Waals surface area contributed by atoms with Crippen molar-refractivity contribution in [3.63, 3.8) is 0 Å². The zero-order chi connectivity index (χ0) is 7.40. The molecule has 1 aromatic rings. The van der Waals surface area contributed by atoms with Gasteiger partial charge < -0.3 is 0 Å². The predicted octanol–water partition coefficient (Wildman–Crippen LogP) is 0.669. The van der Waals surface area contributed by atoms with Gasteiger partial charge >= 0.3 is 0 Å². The first-order valence-corrected chi connectivity index (χ1v) is 4.11. The van der Waals surface area contributed by atoms with Gasteiger partial charge in [-0.25, -0.2) is 4.98 Å². The summed E-state index contributed by atoms with van der Waals surface area (Å²) in [6.45, 7) is 2.76. The van der Waals surface area contributed by atoms with Gasteiger partial charge in [-0.3, -0.25) is 11.3 Å². The minimum atomic E-state index is 0.663. The number of nitrogens with zero attached hydrogens (tertiary/aromatic N) is 1. The summed E-state index contributed by atoms with van der Waals surface area (Å²) >= 11 is 1.68. The SMILES string of the molecule is CCc1nc(CNN)cs1. The van der Waals surface area contributed by atoms with Crippen molar-refractivity contribution >= 4 is 11.3 Å². The molecule has 0 radical (unpaired) electrons. The highest BCUT2D eigenvalue weighted by molar-refractivity contribution is 7.09. The maximum Gasteiger partial charge on any atom is 0.0926 e. The van der Waals surface area contributed by atoms with Crippen LogP contribution in [0.3, 0.4) is 0 Å². The zero-order valence-electron chi connectivity index (χ0n) is 5.92. The molecule has 0 saturated heterocycles. The minimum Gasteiger partial charge on any atom is -0.271 e. The number of aromatic nitrogens is 1. The van der Waals surface area contributed by atoms with Crippen molar-refractivity contribution in [1.82, 2.24) is 10.4 Å². The topological polar surface area (TPSA) is 50.9 Å². The van der Waals surface area contributed by atoms with Crippen molar-refractivity contribution in [1.29, 1.82) is 0 Å². The molecule has 56 valence electrons. The van der Waals surface area contributed by atoms with Gasteiger partial charge in [0.25, 0.3) is 0 Å². The van der Waals surface area contributed by atoms with Crippen LogP contribution < -0.4 is 11.3 Å². The van der Waals surface area contributed by atoms with Crippen molar-refractivity contribution in [3.8, 4) is 0 Å². The fraction of sp³-hybridized carbons (Fsp3) is 0.500. The van der Waals surface area contributed by atoms with E-state index in [1.54, 1.807) is 11.3 Å². The predicted molar refractivity (Wildman–Crippen MR) is 42.5 cm³/mol. The van der Waals surface area contributed by atoms with Crippen molar-refractivity contribution in [2.24, 2.45) is 5.84 Å². The lowest BCUT2D eigenvalue weighted by Gasteiger charge is -1.90. The number of thiazole rings is 1. The zero-order valence-corrected chi connectivity index (χ0v) is 6.74. The summed E-state index contributed by atoms with van der Waals surface area (Å²) in [5, 5.41) is 3.20. The molecule has 0 aliphatic rings. The van der Waals surface area contributed by atoms with Crippen LogP contribution in [0, 0.1) is 0 Å². The average Bonchev–Trinajstić information content (AvgIpc) is 2.37. The van der Waals surface area contributed by atoms with Crippen LogP contribution in [0.5, 0.6) is 0 Å². The van der Waals surface area contributed by atoms with E-state index in [-0.39, 0.29) is 0 Å². The molecule has 4 heteroatoms. The Morgan fingerprint density at radius 2 is 2.60 bits per heavy atom. The van der Waals surface area contributed by atoms with Crippen LogP contribution in [0.2, 0.25) is 0 Å². The standard InChI is InChI=1S/C6H11N3S/c1-2-6-9-5(3-8-7)4-10-6/h4,8H,2-3,7H2,1H3. The molecule has 0 aliphatic carbocycles. The Balaban J connectivity index is 2.59. The molecule has 0 unspecified atom stereocenters. The second-order valence-electron chi connectivity index (χ2n) is 1.97. The quantitative estimate of drug-likeness (QED) is 0.501. The Labute approximate surface area is 64.2 Å². The number of nitrogens with one attached hydrogen (secondary N) is 1. The van der Waals surface area contributed by atoms with Crippen LogP contribution in [0.4, 0.5) is 0 Å². The van der Waals surface area contributed by atoms with E-state index in [0.717, 1.165) is 12.1 Å². The van der Waals surface area contributed by atoms with E-state index in [9.17, 15) is 0 Å². The fourth-order valence-corrected chi connectivity index (χ4v) is 1.44. The summed E-state index contributed by atoms with van der Waals surface area (Å²) in [5.41, 5.74) is 3.60. The van der Waals surface area contributed by atoms with Gasteiger partial charge in [0, 0.05) is 5.38 Å². The lowest BCUT2D eigenvalue weighted by molar-refractivity contribution is 0.724. The number of rotatable bonds is 3. The molecule has 3 nitrogen and oxygen atoms in total. The first-order valence-electron chi connectivity index (χ1n) is 3.23. The van der Waals surface area contributed by atoms with Gasteiger partial charge in [0.15, 0.2) is 0 Å². The molecule has 1 aromatic heterocycles. The van der Waals surface area contributed by atoms with Gasteiger partial charge in [0.1, 0.15) is 0 Å². The Kier molecular flexibility index (Phi) is 2.80. The van der Waals surface area contributed by atoms with E-state index < -0.39 is 0 Å². The minimum absolute atomic E-state index is 0.663. The molecule has 0 amide bonds. The largest absolute Gasteiger partial charge is 0.271 e. The molecule has 3 N–H and O–H groups in total. The third kappa shape index (κ3) is 1.76. The molecule has 10 heavy (non-hydrogen) atoms. The first kappa shape index (κ1) is 7.65. The molecule has 0 spiro atoms. The Bertz CT molecular complexity index is 197. The van der Waals surface area contributed by atoms with Gasteiger partial charge in [-0.05, 0) is 6.42 Å². The van der Waals surface area contributed by atoms with Gasteiger partial charge in [-0.1, -0.05) is 6.92 Å². The third-order valence-corrected chi connectivity index (χ3v) is 2.23. The van der Waals surface area contributed by atoms with Gasteiger partial charge in [0.05, 0.1) is 17.2 Å². The smallest absolute Gasteiger partial charge is 0.0926 e. The highest BCUT2D eigenvalue weighted by Crippen LogP contribution is 2.09. The molecule has 0 aliphatic heterocycles. The normalized spacial score (nSPS) is 10.2. The molecule has 0 aromatic carbocycles. The molecule has 0 atom stereocenters. The molecular weight excluding hydrogens is 146 g/mol. The summed E-state index contributed by atoms with van der Waals surface area (Å²) in [4.78, 5) is 4.29. The van der Waals surface area contributed by atoms with Crippen molar-refractivity contribution in [3.05, 3.63) is 16.1 Å². The highest BCUT2D eigenvalue weighted by atomic mass is 32.1. The van der Waals surface area contributed by atoms with E-state index in [1.807, 2.05) is 5.38 Å². The summed E-state index contributed by atoms with van der Waals surface area (Å²) in [6, 6.07) is 0. The summed E-state index contributed by atoms with van der Waals surface area (Å²) in [5.74, 6) is 5.13. The number of nitrogens with two attached hydrogens (primary N) is 1. The Hall–Kier alpha value is -0.450. The molecule has 1 heterocycles. The fourth-order valence-electron chi connectivity index (χ4n) is 0.697. The summed E-state index contributed by atoms with van der Waals surface area (Å²) in [6.07, 6.45) is 1.01. The number of aryl methyl sites for hydroxylation is 1. The maximum absolute atomic E-state index is 5.13. The van der Waals surface area contributed by atoms with Crippen molar-refractivity contribution in [2.75, 3.05) is 0 Å². The van der Waals surface area contributed by atoms with E-state index in [1.165, 1.54) is 5.01 Å². The molecule has 0 fully saturated rings.